The molecular weight excluding hydrogens is 452 g/mol. The number of hydrogen-bond donors (Lipinski definition) is 3. The number of piperazine rings is 1. The molecular formula is C27H28N8O. The van der Waals surface area contributed by atoms with Crippen molar-refractivity contribution in [2.75, 3.05) is 43.4 Å². The van der Waals surface area contributed by atoms with Crippen molar-refractivity contribution in [1.82, 2.24) is 30.0 Å². The summed E-state index contributed by atoms with van der Waals surface area (Å²) in [7, 11) is 2.17. The molecule has 1 fully saturated rings. The Morgan fingerprint density at radius 1 is 1.03 bits per heavy atom. The normalized spacial score (nSPS) is 14.6. The lowest BCUT2D eigenvalue weighted by Gasteiger charge is -2.34. The van der Waals surface area contributed by atoms with Gasteiger partial charge in [0, 0.05) is 78.1 Å². The van der Waals surface area contributed by atoms with Gasteiger partial charge in [-0.2, -0.15) is 5.10 Å². The Hall–Kier alpha value is -4.24. The van der Waals surface area contributed by atoms with E-state index in [9.17, 15) is 4.79 Å². The quantitative estimate of drug-likeness (QED) is 0.347. The molecule has 3 N–H and O–H groups in total. The fourth-order valence-corrected chi connectivity index (χ4v) is 4.78. The molecule has 0 saturated carbocycles. The Morgan fingerprint density at radius 3 is 2.69 bits per heavy atom. The van der Waals surface area contributed by atoms with E-state index in [0.717, 1.165) is 59.6 Å². The van der Waals surface area contributed by atoms with Crippen LogP contribution < -0.4 is 10.2 Å². The van der Waals surface area contributed by atoms with Crippen molar-refractivity contribution in [3.05, 3.63) is 55.0 Å². The predicted molar refractivity (Wildman–Crippen MR) is 143 cm³/mol. The first-order chi connectivity index (χ1) is 17.6. The average Bonchev–Trinajstić information content (AvgIpc) is 3.53. The maximum atomic E-state index is 11.8. The molecule has 1 aromatic carbocycles. The number of nitrogens with zero attached hydrogens (tertiary/aromatic N) is 5. The van der Waals surface area contributed by atoms with Crippen molar-refractivity contribution in [3.8, 4) is 22.5 Å². The molecule has 0 aliphatic carbocycles. The third kappa shape index (κ3) is 4.07. The van der Waals surface area contributed by atoms with Gasteiger partial charge in [0.15, 0.2) is 5.65 Å². The molecule has 5 heterocycles. The van der Waals surface area contributed by atoms with Crippen molar-refractivity contribution in [2.24, 2.45) is 0 Å². The van der Waals surface area contributed by atoms with E-state index < -0.39 is 0 Å². The molecule has 4 aromatic heterocycles. The first-order valence-electron chi connectivity index (χ1n) is 12.2. The van der Waals surface area contributed by atoms with Crippen LogP contribution in [-0.2, 0) is 4.79 Å². The first-order valence-corrected chi connectivity index (χ1v) is 12.2. The van der Waals surface area contributed by atoms with Crippen LogP contribution in [0.15, 0.2) is 55.0 Å². The van der Waals surface area contributed by atoms with E-state index in [1.807, 2.05) is 13.0 Å². The van der Waals surface area contributed by atoms with Crippen molar-refractivity contribution in [1.29, 1.82) is 0 Å². The molecule has 1 amide bonds. The van der Waals surface area contributed by atoms with Gasteiger partial charge in [0.05, 0.1) is 23.3 Å². The Bertz CT molecular complexity index is 1560. The van der Waals surface area contributed by atoms with E-state index in [0.29, 0.717) is 17.8 Å². The second-order valence-electron chi connectivity index (χ2n) is 9.27. The molecule has 5 aromatic rings. The van der Waals surface area contributed by atoms with Crippen LogP contribution >= 0.6 is 0 Å². The van der Waals surface area contributed by atoms with Gasteiger partial charge in [-0.1, -0.05) is 13.0 Å². The summed E-state index contributed by atoms with van der Waals surface area (Å²) in [5.41, 5.74) is 7.30. The molecule has 1 aliphatic heterocycles. The van der Waals surface area contributed by atoms with Crippen LogP contribution in [0.1, 0.15) is 13.3 Å². The van der Waals surface area contributed by atoms with E-state index in [-0.39, 0.29) is 5.91 Å². The average molecular weight is 481 g/mol. The molecule has 6 rings (SSSR count). The standard InChI is InChI=1S/C27H28N8O/c1-3-25(36)30-19-11-17(14-28-16-19)18-12-21-26(32-33-27(21)29-15-18)23-13-20-22(31-23)5-4-6-24(20)35-9-7-34(2)8-10-35/h4-6,11-16,31H,3,7-10H2,1-2H3,(H,30,36)(H,29,32,33). The lowest BCUT2D eigenvalue weighted by Crippen LogP contribution is -2.44. The number of aromatic amines is 2. The van der Waals surface area contributed by atoms with E-state index in [1.54, 1.807) is 18.6 Å². The number of H-pyrrole nitrogens is 2. The summed E-state index contributed by atoms with van der Waals surface area (Å²) in [4.78, 5) is 29.1. The van der Waals surface area contributed by atoms with Crippen molar-refractivity contribution in [3.63, 3.8) is 0 Å². The van der Waals surface area contributed by atoms with Crippen LogP contribution in [-0.4, -0.2) is 69.2 Å². The maximum Gasteiger partial charge on any atom is 0.224 e. The zero-order valence-corrected chi connectivity index (χ0v) is 20.4. The Kier molecular flexibility index (Phi) is 5.61. The van der Waals surface area contributed by atoms with Gasteiger partial charge in [0.1, 0.15) is 0 Å². The zero-order chi connectivity index (χ0) is 24.6. The number of hydrogen-bond acceptors (Lipinski definition) is 6. The maximum absolute atomic E-state index is 11.8. The van der Waals surface area contributed by atoms with Crippen LogP contribution in [0.2, 0.25) is 0 Å². The fraction of sp³-hybridized carbons (Fsp3) is 0.259. The first kappa shape index (κ1) is 22.2. The number of anilines is 2. The van der Waals surface area contributed by atoms with Crippen LogP contribution in [0, 0.1) is 0 Å². The molecule has 0 radical (unpaired) electrons. The highest BCUT2D eigenvalue weighted by molar-refractivity contribution is 6.00. The van der Waals surface area contributed by atoms with Gasteiger partial charge in [0.25, 0.3) is 0 Å². The lowest BCUT2D eigenvalue weighted by atomic mass is 10.1. The zero-order valence-electron chi connectivity index (χ0n) is 20.4. The van der Waals surface area contributed by atoms with Gasteiger partial charge < -0.3 is 20.1 Å². The highest BCUT2D eigenvalue weighted by Crippen LogP contribution is 2.34. The summed E-state index contributed by atoms with van der Waals surface area (Å²) >= 11 is 0. The summed E-state index contributed by atoms with van der Waals surface area (Å²) in [6, 6.07) is 12.6. The molecule has 0 spiro atoms. The molecule has 1 saturated heterocycles. The van der Waals surface area contributed by atoms with Crippen LogP contribution in [0.5, 0.6) is 0 Å². The second-order valence-corrected chi connectivity index (χ2v) is 9.27. The third-order valence-corrected chi connectivity index (χ3v) is 6.84. The number of carbonyl (C=O) groups excluding carboxylic acids is 1. The molecule has 0 atom stereocenters. The Labute approximate surface area is 208 Å². The molecule has 1 aliphatic rings. The van der Waals surface area contributed by atoms with E-state index in [4.69, 9.17) is 0 Å². The Balaban J connectivity index is 1.38. The largest absolute Gasteiger partial charge is 0.368 e. The van der Waals surface area contributed by atoms with Crippen molar-refractivity contribution < 1.29 is 4.79 Å². The molecule has 9 heteroatoms. The summed E-state index contributed by atoms with van der Waals surface area (Å²) in [6.45, 7) is 5.98. The highest BCUT2D eigenvalue weighted by atomic mass is 16.1. The number of amides is 1. The topological polar surface area (TPSA) is 106 Å². The van der Waals surface area contributed by atoms with E-state index in [1.165, 1.54) is 11.1 Å². The number of benzene rings is 1. The number of nitrogens with one attached hydrogen (secondary N) is 3. The molecule has 36 heavy (non-hydrogen) atoms. The van der Waals surface area contributed by atoms with Crippen LogP contribution in [0.3, 0.4) is 0 Å². The Morgan fingerprint density at radius 2 is 1.86 bits per heavy atom. The van der Waals surface area contributed by atoms with E-state index in [2.05, 4.69) is 77.6 Å². The van der Waals surface area contributed by atoms with Gasteiger partial charge in [-0.25, -0.2) is 4.98 Å². The number of rotatable bonds is 5. The van der Waals surface area contributed by atoms with Crippen molar-refractivity contribution >= 4 is 39.2 Å². The van der Waals surface area contributed by atoms with Gasteiger partial charge >= 0.3 is 0 Å². The SMILES string of the molecule is CCC(=O)Nc1cncc(-c2cnc3n[nH]c(-c4cc5c(N6CCN(C)CC6)cccc5[nH]4)c3c2)c1. The number of fused-ring (bicyclic) bond motifs is 2. The molecule has 0 unspecified atom stereocenters. The minimum absolute atomic E-state index is 0.0469. The lowest BCUT2D eigenvalue weighted by molar-refractivity contribution is -0.115. The number of aromatic nitrogens is 5. The fourth-order valence-electron chi connectivity index (χ4n) is 4.78. The van der Waals surface area contributed by atoms with Gasteiger partial charge in [0.2, 0.25) is 5.91 Å². The summed E-state index contributed by atoms with van der Waals surface area (Å²) < 4.78 is 0. The smallest absolute Gasteiger partial charge is 0.224 e. The van der Waals surface area contributed by atoms with Gasteiger partial charge in [-0.3, -0.25) is 14.9 Å². The summed E-state index contributed by atoms with van der Waals surface area (Å²) in [6.07, 6.45) is 5.62. The van der Waals surface area contributed by atoms with Crippen molar-refractivity contribution in [2.45, 2.75) is 13.3 Å². The number of pyridine rings is 2. The molecule has 0 bridgehead atoms. The third-order valence-electron chi connectivity index (χ3n) is 6.84. The predicted octanol–water partition coefficient (Wildman–Crippen LogP) is 4.27. The monoisotopic (exact) mass is 480 g/mol. The van der Waals surface area contributed by atoms with Crippen LogP contribution in [0.25, 0.3) is 44.5 Å². The number of carbonyl (C=O) groups is 1. The second kappa shape index (κ2) is 9.09. The van der Waals surface area contributed by atoms with Crippen LogP contribution in [0.4, 0.5) is 11.4 Å². The highest BCUT2D eigenvalue weighted by Gasteiger charge is 2.19. The van der Waals surface area contributed by atoms with Gasteiger partial charge in [-0.05, 0) is 37.4 Å². The minimum Gasteiger partial charge on any atom is -0.368 e. The minimum atomic E-state index is -0.0469. The van der Waals surface area contributed by atoms with E-state index >= 15 is 0 Å². The summed E-state index contributed by atoms with van der Waals surface area (Å²) in [5, 5.41) is 12.6. The molecule has 9 nitrogen and oxygen atoms in total. The summed E-state index contributed by atoms with van der Waals surface area (Å²) in [5.74, 6) is -0.0469. The van der Waals surface area contributed by atoms with Gasteiger partial charge in [-0.15, -0.1) is 0 Å². The number of likely N-dealkylation sites (N-methyl/N-ethyl adjacent to an activating group) is 1. The molecule has 182 valence electrons.